The van der Waals surface area contributed by atoms with Crippen molar-refractivity contribution in [1.82, 2.24) is 0 Å². The number of thiophene rings is 1. The molecule has 17 heavy (non-hydrogen) atoms. The zero-order valence-electron chi connectivity index (χ0n) is 9.07. The van der Waals surface area contributed by atoms with Crippen LogP contribution in [0.2, 0.25) is 0 Å². The fraction of sp³-hybridized carbons (Fsp3) is 0.231. The highest BCUT2D eigenvalue weighted by atomic mass is 79.9. The number of rotatable bonds is 4. The summed E-state index contributed by atoms with van der Waals surface area (Å²) in [7, 11) is 0. The molecule has 1 N–H and O–H groups in total. The summed E-state index contributed by atoms with van der Waals surface area (Å²) in [5.41, 5.74) is 1.16. The lowest BCUT2D eigenvalue weighted by molar-refractivity contribution is 0.176. The van der Waals surface area contributed by atoms with Gasteiger partial charge in [0.2, 0.25) is 0 Å². The number of halogens is 2. The molecule has 0 aliphatic rings. The van der Waals surface area contributed by atoms with E-state index in [1.807, 2.05) is 29.6 Å². The molecule has 0 amide bonds. The molecule has 0 bridgehead atoms. The van der Waals surface area contributed by atoms with E-state index >= 15 is 0 Å². The minimum atomic E-state index is -0.324. The minimum Gasteiger partial charge on any atom is -0.392 e. The maximum atomic E-state index is 10.0. The fourth-order valence-electron chi connectivity index (χ4n) is 1.70. The largest absolute Gasteiger partial charge is 0.392 e. The Morgan fingerprint density at radius 2 is 1.94 bits per heavy atom. The first-order valence-corrected chi connectivity index (χ1v) is 7.75. The molecule has 2 aromatic rings. The van der Waals surface area contributed by atoms with Gasteiger partial charge < -0.3 is 5.11 Å². The molecular weight excluding hydrogens is 364 g/mol. The highest BCUT2D eigenvalue weighted by Gasteiger charge is 2.08. The molecule has 1 heterocycles. The zero-order valence-corrected chi connectivity index (χ0v) is 13.1. The van der Waals surface area contributed by atoms with Crippen molar-refractivity contribution < 1.29 is 5.11 Å². The van der Waals surface area contributed by atoms with Crippen LogP contribution in [0.3, 0.4) is 0 Å². The standard InChI is InChI=1S/C13H12Br2OS/c14-10-3-1-2-9(4-10)5-12(16)7-13-6-11(15)8-17-13/h1-4,6,8,12,16H,5,7H2. The first-order valence-electron chi connectivity index (χ1n) is 5.29. The molecule has 0 saturated heterocycles. The summed E-state index contributed by atoms with van der Waals surface area (Å²) in [5.74, 6) is 0. The first kappa shape index (κ1) is 13.3. The number of aliphatic hydroxyl groups is 1. The van der Waals surface area contributed by atoms with Crippen LogP contribution in [0.4, 0.5) is 0 Å². The first-order chi connectivity index (χ1) is 8.13. The van der Waals surface area contributed by atoms with Gasteiger partial charge in [-0.25, -0.2) is 0 Å². The van der Waals surface area contributed by atoms with Crippen molar-refractivity contribution in [2.75, 3.05) is 0 Å². The molecule has 1 unspecified atom stereocenters. The van der Waals surface area contributed by atoms with Crippen molar-refractivity contribution >= 4 is 43.2 Å². The molecule has 90 valence electrons. The predicted octanol–water partition coefficient (Wildman–Crippen LogP) is 4.42. The maximum Gasteiger partial charge on any atom is 0.0628 e. The van der Waals surface area contributed by atoms with E-state index in [9.17, 15) is 5.11 Å². The lowest BCUT2D eigenvalue weighted by Crippen LogP contribution is -2.13. The van der Waals surface area contributed by atoms with Gasteiger partial charge in [0.25, 0.3) is 0 Å². The second kappa shape index (κ2) is 6.14. The van der Waals surface area contributed by atoms with Crippen molar-refractivity contribution in [3.8, 4) is 0 Å². The second-order valence-electron chi connectivity index (χ2n) is 3.92. The van der Waals surface area contributed by atoms with Gasteiger partial charge in [-0.3, -0.25) is 0 Å². The quantitative estimate of drug-likeness (QED) is 0.838. The number of hydrogen-bond acceptors (Lipinski definition) is 2. The van der Waals surface area contributed by atoms with Gasteiger partial charge in [0.1, 0.15) is 0 Å². The molecule has 2 rings (SSSR count). The van der Waals surface area contributed by atoms with Crippen molar-refractivity contribution in [2.45, 2.75) is 18.9 Å². The van der Waals surface area contributed by atoms with Crippen LogP contribution in [-0.2, 0) is 12.8 Å². The van der Waals surface area contributed by atoms with Crippen LogP contribution in [0.5, 0.6) is 0 Å². The molecule has 0 spiro atoms. The van der Waals surface area contributed by atoms with Crippen molar-refractivity contribution in [2.24, 2.45) is 0 Å². The molecule has 0 fully saturated rings. The van der Waals surface area contributed by atoms with E-state index in [0.717, 1.165) is 14.5 Å². The Morgan fingerprint density at radius 3 is 2.59 bits per heavy atom. The van der Waals surface area contributed by atoms with E-state index < -0.39 is 0 Å². The van der Waals surface area contributed by atoms with Gasteiger partial charge in [0, 0.05) is 25.6 Å². The van der Waals surface area contributed by atoms with E-state index in [1.54, 1.807) is 11.3 Å². The third-order valence-electron chi connectivity index (χ3n) is 2.42. The zero-order chi connectivity index (χ0) is 12.3. The molecule has 1 aromatic carbocycles. The van der Waals surface area contributed by atoms with E-state index in [0.29, 0.717) is 12.8 Å². The molecule has 0 saturated carbocycles. The van der Waals surface area contributed by atoms with Gasteiger partial charge in [-0.2, -0.15) is 0 Å². The average molecular weight is 376 g/mol. The minimum absolute atomic E-state index is 0.324. The highest BCUT2D eigenvalue weighted by molar-refractivity contribution is 9.10. The average Bonchev–Trinajstić information content (AvgIpc) is 2.63. The molecule has 0 radical (unpaired) electrons. The Morgan fingerprint density at radius 1 is 1.12 bits per heavy atom. The smallest absolute Gasteiger partial charge is 0.0628 e. The summed E-state index contributed by atoms with van der Waals surface area (Å²) in [5, 5.41) is 12.1. The summed E-state index contributed by atoms with van der Waals surface area (Å²) >= 11 is 8.53. The van der Waals surface area contributed by atoms with Gasteiger partial charge in [0.05, 0.1) is 6.10 Å². The number of hydrogen-bond donors (Lipinski definition) is 1. The summed E-state index contributed by atoms with van der Waals surface area (Å²) in [6.07, 6.45) is 1.08. The molecule has 1 atom stereocenters. The van der Waals surface area contributed by atoms with Crippen LogP contribution in [0.25, 0.3) is 0 Å². The molecule has 1 nitrogen and oxygen atoms in total. The van der Waals surface area contributed by atoms with E-state index in [-0.39, 0.29) is 6.10 Å². The summed E-state index contributed by atoms with van der Waals surface area (Å²) in [6, 6.07) is 10.1. The monoisotopic (exact) mass is 374 g/mol. The van der Waals surface area contributed by atoms with Crippen LogP contribution in [0, 0.1) is 0 Å². The van der Waals surface area contributed by atoms with Crippen LogP contribution < -0.4 is 0 Å². The third-order valence-corrected chi connectivity index (χ3v) is 4.63. The third kappa shape index (κ3) is 4.21. The van der Waals surface area contributed by atoms with Crippen molar-refractivity contribution in [3.63, 3.8) is 0 Å². The van der Waals surface area contributed by atoms with E-state index in [1.165, 1.54) is 4.88 Å². The Labute approximate surface area is 122 Å². The van der Waals surface area contributed by atoms with Crippen LogP contribution >= 0.6 is 43.2 Å². The van der Waals surface area contributed by atoms with Crippen LogP contribution in [0.15, 0.2) is 44.7 Å². The Hall–Kier alpha value is -0.160. The lowest BCUT2D eigenvalue weighted by atomic mass is 10.1. The molecular formula is C13H12Br2OS. The maximum absolute atomic E-state index is 10.0. The Kier molecular flexibility index (Phi) is 4.79. The van der Waals surface area contributed by atoms with Crippen molar-refractivity contribution in [3.05, 3.63) is 55.1 Å². The number of benzene rings is 1. The van der Waals surface area contributed by atoms with Gasteiger partial charge in [-0.1, -0.05) is 28.1 Å². The number of aliphatic hydroxyl groups excluding tert-OH is 1. The van der Waals surface area contributed by atoms with Gasteiger partial charge in [-0.05, 0) is 46.1 Å². The topological polar surface area (TPSA) is 20.2 Å². The molecule has 0 aliphatic heterocycles. The van der Waals surface area contributed by atoms with Gasteiger partial charge >= 0.3 is 0 Å². The highest BCUT2D eigenvalue weighted by Crippen LogP contribution is 2.22. The summed E-state index contributed by atoms with van der Waals surface area (Å²) in [4.78, 5) is 1.21. The molecule has 1 aromatic heterocycles. The van der Waals surface area contributed by atoms with E-state index in [4.69, 9.17) is 0 Å². The van der Waals surface area contributed by atoms with Gasteiger partial charge in [-0.15, -0.1) is 11.3 Å². The fourth-order valence-corrected chi connectivity index (χ4v) is 3.67. The second-order valence-corrected chi connectivity index (χ2v) is 6.75. The van der Waals surface area contributed by atoms with Gasteiger partial charge in [0.15, 0.2) is 0 Å². The van der Waals surface area contributed by atoms with Crippen LogP contribution in [0.1, 0.15) is 10.4 Å². The summed E-state index contributed by atoms with van der Waals surface area (Å²) in [6.45, 7) is 0. The van der Waals surface area contributed by atoms with E-state index in [2.05, 4.69) is 37.9 Å². The van der Waals surface area contributed by atoms with Crippen LogP contribution in [-0.4, -0.2) is 11.2 Å². The normalized spacial score (nSPS) is 12.6. The predicted molar refractivity (Wildman–Crippen MR) is 79.6 cm³/mol. The SMILES string of the molecule is OC(Cc1cccc(Br)c1)Cc1cc(Br)cs1. The Bertz CT molecular complexity index is 496. The summed E-state index contributed by atoms with van der Waals surface area (Å²) < 4.78 is 2.15. The molecule has 4 heteroatoms. The Balaban J connectivity index is 1.95. The van der Waals surface area contributed by atoms with Crippen molar-refractivity contribution in [1.29, 1.82) is 0 Å². The molecule has 0 aliphatic carbocycles. The lowest BCUT2D eigenvalue weighted by Gasteiger charge is -2.09.